The van der Waals surface area contributed by atoms with E-state index in [0.29, 0.717) is 18.0 Å². The first kappa shape index (κ1) is 28.6. The molecule has 0 aromatic heterocycles. The number of carbonyl (C=O) groups is 2. The maximum absolute atomic E-state index is 13.5. The Morgan fingerprint density at radius 2 is 1.74 bits per heavy atom. The van der Waals surface area contributed by atoms with Crippen molar-refractivity contribution in [3.05, 3.63) is 58.6 Å². The third kappa shape index (κ3) is 8.85. The summed E-state index contributed by atoms with van der Waals surface area (Å²) in [5.74, 6) is -0.228. The molecular formula is C25H34BrN3O5S. The molecule has 35 heavy (non-hydrogen) atoms. The lowest BCUT2D eigenvalue weighted by Gasteiger charge is -2.33. The van der Waals surface area contributed by atoms with E-state index in [4.69, 9.17) is 4.74 Å². The van der Waals surface area contributed by atoms with Crippen molar-refractivity contribution < 1.29 is 22.7 Å². The van der Waals surface area contributed by atoms with Crippen molar-refractivity contribution >= 4 is 43.5 Å². The zero-order valence-electron chi connectivity index (χ0n) is 21.0. The number of nitrogens with one attached hydrogen (secondary N) is 1. The van der Waals surface area contributed by atoms with Gasteiger partial charge in [0.15, 0.2) is 0 Å². The van der Waals surface area contributed by atoms with E-state index in [1.165, 1.54) is 4.90 Å². The lowest BCUT2D eigenvalue weighted by Crippen LogP contribution is -2.54. The first-order valence-corrected chi connectivity index (χ1v) is 13.9. The number of carbonyl (C=O) groups excluding carboxylic acids is 2. The Hall–Kier alpha value is -2.59. The first-order chi connectivity index (χ1) is 16.2. The van der Waals surface area contributed by atoms with Gasteiger partial charge in [0, 0.05) is 16.6 Å². The van der Waals surface area contributed by atoms with E-state index in [1.807, 2.05) is 52.0 Å². The minimum absolute atomic E-state index is 0.137. The fraction of sp³-hybridized carbons (Fsp3) is 0.440. The van der Waals surface area contributed by atoms with Crippen LogP contribution in [0.1, 0.15) is 40.2 Å². The average molecular weight is 569 g/mol. The second-order valence-electron chi connectivity index (χ2n) is 9.26. The summed E-state index contributed by atoms with van der Waals surface area (Å²) in [4.78, 5) is 27.9. The van der Waals surface area contributed by atoms with Crippen molar-refractivity contribution in [1.82, 2.24) is 10.2 Å². The number of hydrogen-bond acceptors (Lipinski definition) is 5. The third-order valence-electron chi connectivity index (χ3n) is 5.02. The maximum atomic E-state index is 13.5. The Morgan fingerprint density at radius 1 is 1.11 bits per heavy atom. The molecular weight excluding hydrogens is 534 g/mol. The van der Waals surface area contributed by atoms with Crippen LogP contribution in [-0.4, -0.2) is 56.1 Å². The van der Waals surface area contributed by atoms with Gasteiger partial charge in [-0.1, -0.05) is 28.1 Å². The van der Waals surface area contributed by atoms with Crippen molar-refractivity contribution in [2.24, 2.45) is 0 Å². The third-order valence-corrected chi connectivity index (χ3v) is 6.66. The molecule has 0 saturated heterocycles. The highest BCUT2D eigenvalue weighted by atomic mass is 79.9. The number of sulfonamides is 1. The summed E-state index contributed by atoms with van der Waals surface area (Å²) in [7, 11) is -3.79. The van der Waals surface area contributed by atoms with Crippen molar-refractivity contribution in [3.8, 4) is 5.75 Å². The van der Waals surface area contributed by atoms with Gasteiger partial charge in [0.1, 0.15) is 18.3 Å². The van der Waals surface area contributed by atoms with E-state index in [1.54, 1.807) is 31.2 Å². The van der Waals surface area contributed by atoms with Gasteiger partial charge in [0.25, 0.3) is 0 Å². The summed E-state index contributed by atoms with van der Waals surface area (Å²) < 4.78 is 32.6. The molecule has 2 aromatic carbocycles. The summed E-state index contributed by atoms with van der Waals surface area (Å²) in [5.41, 5.74) is 0.644. The summed E-state index contributed by atoms with van der Waals surface area (Å²) in [6, 6.07) is 13.1. The van der Waals surface area contributed by atoms with E-state index in [9.17, 15) is 18.0 Å². The molecule has 0 aliphatic heterocycles. The second-order valence-corrected chi connectivity index (χ2v) is 12.1. The molecule has 8 nitrogen and oxygen atoms in total. The molecule has 10 heteroatoms. The second kappa shape index (κ2) is 11.9. The molecule has 2 amide bonds. The molecule has 1 N–H and O–H groups in total. The number of ether oxygens (including phenoxy) is 1. The van der Waals surface area contributed by atoms with Crippen molar-refractivity contribution in [1.29, 1.82) is 0 Å². The monoisotopic (exact) mass is 567 g/mol. The van der Waals surface area contributed by atoms with Gasteiger partial charge in [-0.3, -0.25) is 13.9 Å². The van der Waals surface area contributed by atoms with Gasteiger partial charge in [-0.25, -0.2) is 8.42 Å². The van der Waals surface area contributed by atoms with E-state index >= 15 is 0 Å². The molecule has 0 aliphatic carbocycles. The Morgan fingerprint density at radius 3 is 2.26 bits per heavy atom. The quantitative estimate of drug-likeness (QED) is 0.469. The average Bonchev–Trinajstić information content (AvgIpc) is 2.74. The summed E-state index contributed by atoms with van der Waals surface area (Å²) >= 11 is 3.43. The van der Waals surface area contributed by atoms with Crippen LogP contribution in [0.3, 0.4) is 0 Å². The molecule has 0 unspecified atom stereocenters. The van der Waals surface area contributed by atoms with Crippen molar-refractivity contribution in [2.75, 3.05) is 23.7 Å². The van der Waals surface area contributed by atoms with E-state index in [0.717, 1.165) is 20.6 Å². The van der Waals surface area contributed by atoms with Crippen molar-refractivity contribution in [3.63, 3.8) is 0 Å². The van der Waals surface area contributed by atoms with Crippen LogP contribution in [0, 0.1) is 0 Å². The number of amides is 2. The fourth-order valence-electron chi connectivity index (χ4n) is 3.38. The molecule has 0 aliphatic rings. The zero-order valence-corrected chi connectivity index (χ0v) is 23.4. The van der Waals surface area contributed by atoms with Crippen LogP contribution in [0.4, 0.5) is 5.69 Å². The standard InChI is InChI=1S/C25H34BrN3O5S/c1-7-34-22-13-11-21(12-14-22)29(35(6,32)33)17-23(30)28(16-19-9-8-10-20(26)15-19)18(2)24(31)27-25(3,4)5/h8-15,18H,7,16-17H2,1-6H3,(H,27,31)/t18-/m0/s1. The molecule has 0 bridgehead atoms. The minimum Gasteiger partial charge on any atom is -0.494 e. The molecule has 0 heterocycles. The number of anilines is 1. The van der Waals surface area contributed by atoms with Crippen LogP contribution in [0.5, 0.6) is 5.75 Å². The Balaban J connectivity index is 2.38. The summed E-state index contributed by atoms with van der Waals surface area (Å²) in [5, 5.41) is 2.90. The normalized spacial score (nSPS) is 12.5. The molecule has 192 valence electrons. The highest BCUT2D eigenvalue weighted by Gasteiger charge is 2.31. The molecule has 0 radical (unpaired) electrons. The van der Waals surface area contributed by atoms with Crippen LogP contribution < -0.4 is 14.4 Å². The predicted molar refractivity (Wildman–Crippen MR) is 142 cm³/mol. The van der Waals surface area contributed by atoms with Crippen LogP contribution in [0.25, 0.3) is 0 Å². The Kier molecular flexibility index (Phi) is 9.74. The van der Waals surface area contributed by atoms with Gasteiger partial charge < -0.3 is 15.0 Å². The molecule has 0 saturated carbocycles. The van der Waals surface area contributed by atoms with E-state index < -0.39 is 34.1 Å². The van der Waals surface area contributed by atoms with Crippen LogP contribution in [-0.2, 0) is 26.2 Å². The van der Waals surface area contributed by atoms with Gasteiger partial charge in [-0.2, -0.15) is 0 Å². The fourth-order valence-corrected chi connectivity index (χ4v) is 4.67. The Labute approximate surface area is 216 Å². The van der Waals surface area contributed by atoms with Gasteiger partial charge >= 0.3 is 0 Å². The molecule has 0 fully saturated rings. The van der Waals surface area contributed by atoms with Crippen LogP contribution in [0.15, 0.2) is 53.0 Å². The lowest BCUT2D eigenvalue weighted by molar-refractivity contribution is -0.140. The molecule has 2 aromatic rings. The van der Waals surface area contributed by atoms with Crippen molar-refractivity contribution in [2.45, 2.75) is 52.7 Å². The molecule has 1 atom stereocenters. The highest BCUT2D eigenvalue weighted by molar-refractivity contribution is 9.10. The summed E-state index contributed by atoms with van der Waals surface area (Å²) in [6.45, 7) is 9.23. The van der Waals surface area contributed by atoms with E-state index in [2.05, 4.69) is 21.2 Å². The number of nitrogens with zero attached hydrogens (tertiary/aromatic N) is 2. The molecule has 2 rings (SSSR count). The number of rotatable bonds is 10. The first-order valence-electron chi connectivity index (χ1n) is 11.3. The number of halogens is 1. The number of benzene rings is 2. The maximum Gasteiger partial charge on any atom is 0.244 e. The predicted octanol–water partition coefficient (Wildman–Crippen LogP) is 3.95. The van der Waals surface area contributed by atoms with Gasteiger partial charge in [0.05, 0.1) is 18.6 Å². The van der Waals surface area contributed by atoms with E-state index in [-0.39, 0.29) is 12.5 Å². The van der Waals surface area contributed by atoms with Crippen LogP contribution in [0.2, 0.25) is 0 Å². The highest BCUT2D eigenvalue weighted by Crippen LogP contribution is 2.23. The lowest BCUT2D eigenvalue weighted by atomic mass is 10.1. The largest absolute Gasteiger partial charge is 0.494 e. The van der Waals surface area contributed by atoms with Crippen LogP contribution >= 0.6 is 15.9 Å². The Bertz CT molecular complexity index is 1130. The number of hydrogen-bond donors (Lipinski definition) is 1. The SMILES string of the molecule is CCOc1ccc(N(CC(=O)N(Cc2cccc(Br)c2)[C@@H](C)C(=O)NC(C)(C)C)S(C)(=O)=O)cc1. The molecule has 0 spiro atoms. The summed E-state index contributed by atoms with van der Waals surface area (Å²) in [6.07, 6.45) is 1.05. The smallest absolute Gasteiger partial charge is 0.244 e. The van der Waals surface area contributed by atoms with Gasteiger partial charge in [0.2, 0.25) is 21.8 Å². The topological polar surface area (TPSA) is 96.0 Å². The van der Waals surface area contributed by atoms with Gasteiger partial charge in [-0.15, -0.1) is 0 Å². The minimum atomic E-state index is -3.79. The zero-order chi connectivity index (χ0) is 26.4. The van der Waals surface area contributed by atoms with Gasteiger partial charge in [-0.05, 0) is 76.6 Å².